The molecule has 1 N–H and O–H groups in total. The number of hydrogen-bond donors (Lipinski definition) is 0. The van der Waals surface area contributed by atoms with Crippen LogP contribution in [0.1, 0.15) is 51.4 Å². The molecule has 69 valence electrons. The van der Waals surface area contributed by atoms with Crippen molar-refractivity contribution in [3.63, 3.8) is 0 Å². The Morgan fingerprint density at radius 1 is 1.17 bits per heavy atom. The summed E-state index contributed by atoms with van der Waals surface area (Å²) in [6, 6.07) is 0. The minimum atomic E-state index is -0.390. The standard InChI is InChI=1S/C10H18NO/c11-10(12)8-7-9-5-3-1-2-4-6-9/h9,11H,1-8H2. The van der Waals surface area contributed by atoms with Gasteiger partial charge in [-0.2, -0.15) is 0 Å². The molecule has 0 saturated heterocycles. The Bertz CT molecular complexity index is 137. The Balaban J connectivity index is 2.16. The minimum Gasteiger partial charge on any atom is -0.273 e. The molecule has 0 aromatic heterocycles. The van der Waals surface area contributed by atoms with Gasteiger partial charge in [0.05, 0.1) is 0 Å². The van der Waals surface area contributed by atoms with Gasteiger partial charge in [0, 0.05) is 6.42 Å². The number of carbonyl (C=O) groups excluding carboxylic acids is 1. The molecule has 1 rings (SSSR count). The number of carbonyl (C=O) groups is 1. The minimum absolute atomic E-state index is 0.390. The van der Waals surface area contributed by atoms with E-state index in [1.54, 1.807) is 0 Å². The third-order valence-corrected chi connectivity index (χ3v) is 2.75. The van der Waals surface area contributed by atoms with E-state index in [9.17, 15) is 4.79 Å². The molecule has 0 aliphatic heterocycles. The summed E-state index contributed by atoms with van der Waals surface area (Å²) in [5, 5.41) is 0. The van der Waals surface area contributed by atoms with Gasteiger partial charge in [0.15, 0.2) is 0 Å². The lowest BCUT2D eigenvalue weighted by Crippen LogP contribution is -2.04. The maximum Gasteiger partial charge on any atom is 0.238 e. The lowest BCUT2D eigenvalue weighted by molar-refractivity contribution is -0.118. The molecule has 0 aromatic carbocycles. The van der Waals surface area contributed by atoms with Crippen molar-refractivity contribution in [3.05, 3.63) is 0 Å². The zero-order chi connectivity index (χ0) is 8.81. The SMILES string of the molecule is [NH]C(=O)CCC1CCCCCC1. The molecule has 0 unspecified atom stereocenters. The quantitative estimate of drug-likeness (QED) is 0.597. The van der Waals surface area contributed by atoms with E-state index in [1.807, 2.05) is 0 Å². The third-order valence-electron chi connectivity index (χ3n) is 2.75. The molecule has 1 aliphatic rings. The summed E-state index contributed by atoms with van der Waals surface area (Å²) in [5.74, 6) is 0.348. The Morgan fingerprint density at radius 3 is 2.25 bits per heavy atom. The van der Waals surface area contributed by atoms with Crippen LogP contribution in [0.3, 0.4) is 0 Å². The number of hydrogen-bond acceptors (Lipinski definition) is 1. The lowest BCUT2D eigenvalue weighted by Gasteiger charge is -2.11. The van der Waals surface area contributed by atoms with Gasteiger partial charge in [0.25, 0.3) is 0 Å². The monoisotopic (exact) mass is 168 g/mol. The van der Waals surface area contributed by atoms with E-state index in [2.05, 4.69) is 0 Å². The zero-order valence-corrected chi connectivity index (χ0v) is 7.64. The predicted molar refractivity (Wildman–Crippen MR) is 48.5 cm³/mol. The summed E-state index contributed by atoms with van der Waals surface area (Å²) in [6.07, 6.45) is 9.40. The molecule has 0 heterocycles. The molecule has 2 heteroatoms. The molecule has 12 heavy (non-hydrogen) atoms. The van der Waals surface area contributed by atoms with Crippen molar-refractivity contribution in [1.82, 2.24) is 5.73 Å². The van der Waals surface area contributed by atoms with Crippen LogP contribution in [0.4, 0.5) is 0 Å². The molecular weight excluding hydrogens is 150 g/mol. The highest BCUT2D eigenvalue weighted by molar-refractivity contribution is 5.72. The topological polar surface area (TPSA) is 40.9 Å². The first-order chi connectivity index (χ1) is 5.79. The highest BCUT2D eigenvalue weighted by Gasteiger charge is 2.12. The van der Waals surface area contributed by atoms with E-state index in [0.29, 0.717) is 6.42 Å². The maximum atomic E-state index is 10.4. The Kier molecular flexibility index (Phi) is 4.12. The smallest absolute Gasteiger partial charge is 0.238 e. The first-order valence-corrected chi connectivity index (χ1v) is 5.03. The molecule has 0 atom stereocenters. The summed E-state index contributed by atoms with van der Waals surface area (Å²) in [5.41, 5.74) is 6.81. The first-order valence-electron chi connectivity index (χ1n) is 5.03. The average molecular weight is 168 g/mol. The van der Waals surface area contributed by atoms with Crippen LogP contribution >= 0.6 is 0 Å². The van der Waals surface area contributed by atoms with Crippen molar-refractivity contribution in [2.24, 2.45) is 5.92 Å². The highest BCUT2D eigenvalue weighted by atomic mass is 16.1. The molecule has 2 nitrogen and oxygen atoms in total. The molecule has 1 amide bonds. The summed E-state index contributed by atoms with van der Waals surface area (Å²) < 4.78 is 0. The van der Waals surface area contributed by atoms with Gasteiger partial charge in [-0.15, -0.1) is 0 Å². The van der Waals surface area contributed by atoms with Gasteiger partial charge in [0.1, 0.15) is 0 Å². The van der Waals surface area contributed by atoms with Gasteiger partial charge in [-0.25, -0.2) is 0 Å². The number of amides is 1. The van der Waals surface area contributed by atoms with Crippen LogP contribution in [-0.4, -0.2) is 5.91 Å². The van der Waals surface area contributed by atoms with E-state index in [-0.39, 0.29) is 5.91 Å². The fraction of sp³-hybridized carbons (Fsp3) is 0.900. The summed E-state index contributed by atoms with van der Waals surface area (Å²) in [7, 11) is 0. The van der Waals surface area contributed by atoms with Crippen LogP contribution in [0, 0.1) is 5.92 Å². The van der Waals surface area contributed by atoms with Gasteiger partial charge < -0.3 is 0 Å². The molecule has 0 bridgehead atoms. The third kappa shape index (κ3) is 3.74. The van der Waals surface area contributed by atoms with Crippen LogP contribution in [0.25, 0.3) is 0 Å². The number of rotatable bonds is 3. The van der Waals surface area contributed by atoms with Gasteiger partial charge in [-0.1, -0.05) is 38.5 Å². The van der Waals surface area contributed by atoms with E-state index in [4.69, 9.17) is 5.73 Å². The van der Waals surface area contributed by atoms with Gasteiger partial charge >= 0.3 is 0 Å². The maximum absolute atomic E-state index is 10.4. The Hall–Kier alpha value is -0.530. The first kappa shape index (κ1) is 9.56. The Morgan fingerprint density at radius 2 is 1.75 bits per heavy atom. The van der Waals surface area contributed by atoms with Crippen LogP contribution in [0.5, 0.6) is 0 Å². The van der Waals surface area contributed by atoms with Crippen LogP contribution < -0.4 is 5.73 Å². The van der Waals surface area contributed by atoms with Crippen molar-refractivity contribution < 1.29 is 4.79 Å². The largest absolute Gasteiger partial charge is 0.273 e. The summed E-state index contributed by atoms with van der Waals surface area (Å²) in [4.78, 5) is 10.4. The van der Waals surface area contributed by atoms with Gasteiger partial charge in [0.2, 0.25) is 5.91 Å². The van der Waals surface area contributed by atoms with Crippen LogP contribution in [-0.2, 0) is 4.79 Å². The zero-order valence-electron chi connectivity index (χ0n) is 7.64. The van der Waals surface area contributed by atoms with E-state index >= 15 is 0 Å². The van der Waals surface area contributed by atoms with Crippen molar-refractivity contribution in [2.45, 2.75) is 51.4 Å². The molecule has 1 radical (unpaired) electrons. The normalized spacial score (nSPS) is 20.3. The fourth-order valence-electron chi connectivity index (χ4n) is 1.99. The molecule has 0 spiro atoms. The summed E-state index contributed by atoms with van der Waals surface area (Å²) in [6.45, 7) is 0. The highest BCUT2D eigenvalue weighted by Crippen LogP contribution is 2.26. The van der Waals surface area contributed by atoms with Gasteiger partial charge in [-0.3, -0.25) is 10.5 Å². The fourth-order valence-corrected chi connectivity index (χ4v) is 1.99. The molecular formula is C10H18NO. The number of nitrogens with one attached hydrogen (secondary N) is 1. The molecule has 1 aliphatic carbocycles. The molecule has 1 fully saturated rings. The molecule has 0 aromatic rings. The lowest BCUT2D eigenvalue weighted by atomic mass is 9.95. The average Bonchev–Trinajstić information content (AvgIpc) is 2.28. The van der Waals surface area contributed by atoms with Crippen molar-refractivity contribution in [3.8, 4) is 0 Å². The second-order valence-corrected chi connectivity index (χ2v) is 3.82. The van der Waals surface area contributed by atoms with Crippen LogP contribution in [0.2, 0.25) is 0 Å². The van der Waals surface area contributed by atoms with Crippen LogP contribution in [0.15, 0.2) is 0 Å². The second-order valence-electron chi connectivity index (χ2n) is 3.82. The van der Waals surface area contributed by atoms with Crippen molar-refractivity contribution >= 4 is 5.91 Å². The molecule has 1 saturated carbocycles. The summed E-state index contributed by atoms with van der Waals surface area (Å²) >= 11 is 0. The predicted octanol–water partition coefficient (Wildman–Crippen LogP) is 2.55. The van der Waals surface area contributed by atoms with E-state index in [0.717, 1.165) is 12.3 Å². The van der Waals surface area contributed by atoms with E-state index < -0.39 is 0 Å². The Labute approximate surface area is 74.5 Å². The van der Waals surface area contributed by atoms with Gasteiger partial charge in [-0.05, 0) is 12.3 Å². The van der Waals surface area contributed by atoms with E-state index in [1.165, 1.54) is 38.5 Å². The second kappa shape index (κ2) is 5.18. The van der Waals surface area contributed by atoms with Crippen molar-refractivity contribution in [2.75, 3.05) is 0 Å². The van der Waals surface area contributed by atoms with Crippen molar-refractivity contribution in [1.29, 1.82) is 0 Å².